The Labute approximate surface area is 263 Å². The quantitative estimate of drug-likeness (QED) is 0.218. The van der Waals surface area contributed by atoms with E-state index in [0.717, 1.165) is 35.8 Å². The summed E-state index contributed by atoms with van der Waals surface area (Å²) in [6.45, 7) is 17.5. The largest absolute Gasteiger partial charge is 0.353 e. The van der Waals surface area contributed by atoms with E-state index in [2.05, 4.69) is 71.2 Å². The fourth-order valence-corrected chi connectivity index (χ4v) is 7.78. The molecule has 5 atom stereocenters. The molecule has 0 saturated heterocycles. The summed E-state index contributed by atoms with van der Waals surface area (Å²) in [6, 6.07) is 20.4. The Morgan fingerprint density at radius 2 is 1.21 bits per heavy atom. The van der Waals surface area contributed by atoms with Crippen molar-refractivity contribution in [3.63, 3.8) is 0 Å². The summed E-state index contributed by atoms with van der Waals surface area (Å²) >= 11 is 0. The van der Waals surface area contributed by atoms with Crippen LogP contribution < -0.4 is 10.6 Å². The number of hydrogen-bond acceptors (Lipinski definition) is 2. The summed E-state index contributed by atoms with van der Waals surface area (Å²) in [7, 11) is 0. The Morgan fingerprint density at radius 3 is 1.72 bits per heavy atom. The van der Waals surface area contributed by atoms with Crippen LogP contribution in [-0.2, 0) is 9.59 Å². The predicted octanol–water partition coefficient (Wildman–Crippen LogP) is 9.27. The van der Waals surface area contributed by atoms with Gasteiger partial charge in [-0.1, -0.05) is 114 Å². The van der Waals surface area contributed by atoms with Crippen LogP contribution in [0.1, 0.15) is 130 Å². The Balaban J connectivity index is 1.37. The zero-order chi connectivity index (χ0) is 31.6. The van der Waals surface area contributed by atoms with E-state index in [1.807, 2.05) is 55.5 Å². The summed E-state index contributed by atoms with van der Waals surface area (Å²) in [5, 5.41) is 6.67. The molecule has 2 N–H and O–H groups in total. The molecule has 0 aliphatic heterocycles. The second kappa shape index (κ2) is 16.5. The third kappa shape index (κ3) is 11.4. The Morgan fingerprint density at radius 1 is 0.721 bits per heavy atom. The number of carbonyl (C=O) groups is 2. The van der Waals surface area contributed by atoms with Crippen LogP contribution in [0.2, 0.25) is 0 Å². The number of benzene rings is 2. The molecule has 0 spiro atoms. The average molecular weight is 589 g/mol. The van der Waals surface area contributed by atoms with Crippen LogP contribution in [0.25, 0.3) is 0 Å². The molecule has 0 bridgehead atoms. The van der Waals surface area contributed by atoms with E-state index in [1.54, 1.807) is 0 Å². The van der Waals surface area contributed by atoms with Crippen molar-refractivity contribution in [3.05, 3.63) is 71.8 Å². The van der Waals surface area contributed by atoms with Crippen molar-refractivity contribution >= 4 is 11.8 Å². The van der Waals surface area contributed by atoms with E-state index in [0.29, 0.717) is 11.8 Å². The fraction of sp³-hybridized carbons (Fsp3) is 0.641. The van der Waals surface area contributed by atoms with E-state index in [1.165, 1.54) is 38.5 Å². The Hall–Kier alpha value is -2.62. The summed E-state index contributed by atoms with van der Waals surface area (Å²) < 4.78 is 0. The van der Waals surface area contributed by atoms with Crippen molar-refractivity contribution in [3.8, 4) is 0 Å². The third-order valence-electron chi connectivity index (χ3n) is 9.70. The first kappa shape index (κ1) is 34.9. The fourth-order valence-electron chi connectivity index (χ4n) is 7.78. The topological polar surface area (TPSA) is 58.2 Å². The van der Waals surface area contributed by atoms with Crippen molar-refractivity contribution in [1.29, 1.82) is 0 Å². The highest BCUT2D eigenvalue weighted by atomic mass is 16.2. The van der Waals surface area contributed by atoms with Gasteiger partial charge in [-0.05, 0) is 94.1 Å². The van der Waals surface area contributed by atoms with Crippen LogP contribution >= 0.6 is 0 Å². The van der Waals surface area contributed by atoms with Gasteiger partial charge < -0.3 is 10.6 Å². The molecule has 43 heavy (non-hydrogen) atoms. The molecule has 2 aromatic carbocycles. The standard InChI is InChI=1S/C39H60N2O2/c1-27(2)36(35-17-13-10-14-18-35)38(43)41-39(7,8)26-29(4)25-33-21-19-32(20-22-33)24-28(3)23-30(5)40-37(42)31(6)34-15-11-9-12-16-34/h9-18,27-33,36H,19-26H2,1-8H3,(H,40,42)(H,41,43)/t28?,29?,30?,31-,32?,33?,36-/m0/s1. The molecule has 0 radical (unpaired) electrons. The number of nitrogens with one attached hydrogen (secondary N) is 2. The highest BCUT2D eigenvalue weighted by molar-refractivity contribution is 5.84. The molecule has 4 heteroatoms. The molecule has 238 valence electrons. The molecule has 1 aliphatic carbocycles. The van der Waals surface area contributed by atoms with Gasteiger partial charge in [-0.2, -0.15) is 0 Å². The maximum atomic E-state index is 13.4. The van der Waals surface area contributed by atoms with Crippen LogP contribution in [-0.4, -0.2) is 23.4 Å². The Bertz CT molecular complexity index is 1100. The highest BCUT2D eigenvalue weighted by Gasteiger charge is 2.31. The zero-order valence-corrected chi connectivity index (χ0v) is 28.4. The van der Waals surface area contributed by atoms with Gasteiger partial charge in [0.15, 0.2) is 0 Å². The molecule has 2 amide bonds. The van der Waals surface area contributed by atoms with E-state index >= 15 is 0 Å². The average Bonchev–Trinajstić information content (AvgIpc) is 2.93. The maximum absolute atomic E-state index is 13.4. The minimum absolute atomic E-state index is 0.120. The second-order valence-electron chi connectivity index (χ2n) is 15.1. The van der Waals surface area contributed by atoms with Gasteiger partial charge in [0.05, 0.1) is 11.8 Å². The first-order valence-corrected chi connectivity index (χ1v) is 17.1. The zero-order valence-electron chi connectivity index (χ0n) is 28.4. The monoisotopic (exact) mass is 588 g/mol. The molecule has 4 nitrogen and oxygen atoms in total. The minimum atomic E-state index is -0.226. The van der Waals surface area contributed by atoms with Crippen LogP contribution in [0.15, 0.2) is 60.7 Å². The van der Waals surface area contributed by atoms with Crippen molar-refractivity contribution in [2.24, 2.45) is 29.6 Å². The Kier molecular flexibility index (Phi) is 13.3. The number of rotatable bonds is 15. The summed E-state index contributed by atoms with van der Waals surface area (Å²) in [5.41, 5.74) is 1.94. The first-order chi connectivity index (χ1) is 20.3. The van der Waals surface area contributed by atoms with Gasteiger partial charge in [0.1, 0.15) is 0 Å². The molecule has 1 saturated carbocycles. The maximum Gasteiger partial charge on any atom is 0.228 e. The summed E-state index contributed by atoms with van der Waals surface area (Å²) in [5.74, 6) is 3.05. The molecule has 0 aromatic heterocycles. The molecule has 0 heterocycles. The van der Waals surface area contributed by atoms with Gasteiger partial charge in [-0.15, -0.1) is 0 Å². The van der Waals surface area contributed by atoms with Gasteiger partial charge >= 0.3 is 0 Å². The van der Waals surface area contributed by atoms with E-state index < -0.39 is 0 Å². The van der Waals surface area contributed by atoms with Crippen LogP contribution in [0.5, 0.6) is 0 Å². The smallest absolute Gasteiger partial charge is 0.228 e. The molecular formula is C39H60N2O2. The normalized spacial score (nSPS) is 21.0. The van der Waals surface area contributed by atoms with Gasteiger partial charge in [0.25, 0.3) is 0 Å². The van der Waals surface area contributed by atoms with Gasteiger partial charge in [-0.25, -0.2) is 0 Å². The SMILES string of the molecule is CC(CC1CCC(CC(C)CC(C)(C)NC(=O)[C@H](c2ccccc2)C(C)C)CC1)CC(C)NC(=O)[C@@H](C)c1ccccc1. The van der Waals surface area contributed by atoms with E-state index in [-0.39, 0.29) is 41.1 Å². The number of carbonyl (C=O) groups excluding carboxylic acids is 2. The van der Waals surface area contributed by atoms with E-state index in [9.17, 15) is 9.59 Å². The molecular weight excluding hydrogens is 528 g/mol. The molecule has 3 unspecified atom stereocenters. The van der Waals surface area contributed by atoms with Crippen LogP contribution in [0.3, 0.4) is 0 Å². The minimum Gasteiger partial charge on any atom is -0.353 e. The summed E-state index contributed by atoms with van der Waals surface area (Å²) in [6.07, 6.45) is 9.82. The highest BCUT2D eigenvalue weighted by Crippen LogP contribution is 2.38. The molecule has 3 rings (SSSR count). The molecule has 2 aromatic rings. The van der Waals surface area contributed by atoms with Gasteiger partial charge in [0.2, 0.25) is 11.8 Å². The lowest BCUT2D eigenvalue weighted by Crippen LogP contribution is -2.47. The summed E-state index contributed by atoms with van der Waals surface area (Å²) in [4.78, 5) is 26.1. The van der Waals surface area contributed by atoms with Gasteiger partial charge in [-0.3, -0.25) is 9.59 Å². The lowest BCUT2D eigenvalue weighted by atomic mass is 9.74. The predicted molar refractivity (Wildman–Crippen MR) is 181 cm³/mol. The van der Waals surface area contributed by atoms with Crippen molar-refractivity contribution in [2.45, 2.75) is 130 Å². The second-order valence-corrected chi connectivity index (χ2v) is 15.1. The van der Waals surface area contributed by atoms with Gasteiger partial charge in [0, 0.05) is 11.6 Å². The first-order valence-electron chi connectivity index (χ1n) is 17.1. The van der Waals surface area contributed by atoms with Crippen LogP contribution in [0, 0.1) is 29.6 Å². The number of hydrogen-bond donors (Lipinski definition) is 2. The molecule has 1 fully saturated rings. The van der Waals surface area contributed by atoms with Crippen molar-refractivity contribution < 1.29 is 9.59 Å². The van der Waals surface area contributed by atoms with Crippen molar-refractivity contribution in [1.82, 2.24) is 10.6 Å². The lowest BCUT2D eigenvalue weighted by Gasteiger charge is -2.35. The van der Waals surface area contributed by atoms with Crippen LogP contribution in [0.4, 0.5) is 0 Å². The number of amides is 2. The molecule has 1 aliphatic rings. The van der Waals surface area contributed by atoms with E-state index in [4.69, 9.17) is 0 Å². The third-order valence-corrected chi connectivity index (χ3v) is 9.70. The lowest BCUT2D eigenvalue weighted by molar-refractivity contribution is -0.125. The van der Waals surface area contributed by atoms with Crippen molar-refractivity contribution in [2.75, 3.05) is 0 Å².